The lowest BCUT2D eigenvalue weighted by Crippen LogP contribution is -2.17. The molecule has 4 rings (SSSR count). The molecule has 4 aromatic rings. The molecule has 0 fully saturated rings. The Bertz CT molecular complexity index is 1190. The molecule has 31 heavy (non-hydrogen) atoms. The Morgan fingerprint density at radius 3 is 2.65 bits per heavy atom. The third kappa shape index (κ3) is 4.86. The highest BCUT2D eigenvalue weighted by Crippen LogP contribution is 2.27. The van der Waals surface area contributed by atoms with Gasteiger partial charge >= 0.3 is 0 Å². The maximum atomic E-state index is 13.4. The highest BCUT2D eigenvalue weighted by atomic mass is 32.1. The topological polar surface area (TPSA) is 72.7 Å². The zero-order valence-electron chi connectivity index (χ0n) is 17.5. The van der Waals surface area contributed by atoms with Crippen LogP contribution in [0, 0.1) is 5.82 Å². The van der Waals surface area contributed by atoms with Crippen LogP contribution in [0.1, 0.15) is 32.2 Å². The number of anilines is 1. The molecule has 1 amide bonds. The van der Waals surface area contributed by atoms with Crippen molar-refractivity contribution < 1.29 is 9.18 Å². The van der Waals surface area contributed by atoms with E-state index in [1.165, 1.54) is 23.5 Å². The second kappa shape index (κ2) is 8.39. The molecule has 6 nitrogen and oxygen atoms in total. The number of amides is 1. The van der Waals surface area contributed by atoms with Crippen LogP contribution in [-0.2, 0) is 16.6 Å². The van der Waals surface area contributed by atoms with Gasteiger partial charge in [0.1, 0.15) is 16.6 Å². The van der Waals surface area contributed by atoms with Crippen molar-refractivity contribution in [2.75, 3.05) is 5.32 Å². The van der Waals surface area contributed by atoms with Crippen LogP contribution >= 0.6 is 11.3 Å². The lowest BCUT2D eigenvalue weighted by atomic mass is 9.92. The number of benzene rings is 1. The molecule has 0 unspecified atom stereocenters. The minimum Gasteiger partial charge on any atom is -0.310 e. The van der Waals surface area contributed by atoms with Crippen LogP contribution in [0.15, 0.2) is 60.2 Å². The van der Waals surface area contributed by atoms with E-state index in [2.05, 4.69) is 20.4 Å². The number of hydrogen-bond donors (Lipinski definition) is 1. The highest BCUT2D eigenvalue weighted by molar-refractivity contribution is 7.13. The first-order chi connectivity index (χ1) is 14.8. The Kier molecular flexibility index (Phi) is 5.65. The summed E-state index contributed by atoms with van der Waals surface area (Å²) in [5.41, 5.74) is 2.88. The fourth-order valence-electron chi connectivity index (χ4n) is 2.98. The summed E-state index contributed by atoms with van der Waals surface area (Å²) in [5.74, 6) is 0.00138. The van der Waals surface area contributed by atoms with Gasteiger partial charge in [0, 0.05) is 34.8 Å². The molecule has 0 spiro atoms. The van der Waals surface area contributed by atoms with Gasteiger partial charge in [0.05, 0.1) is 23.5 Å². The van der Waals surface area contributed by atoms with Crippen LogP contribution in [0.4, 0.5) is 10.2 Å². The molecule has 0 atom stereocenters. The summed E-state index contributed by atoms with van der Waals surface area (Å²) in [6, 6.07) is 11.6. The fraction of sp³-hybridized carbons (Fsp3) is 0.217. The first-order valence-electron chi connectivity index (χ1n) is 9.81. The predicted octanol–water partition coefficient (Wildman–Crippen LogP) is 5.01. The fourth-order valence-corrected chi connectivity index (χ4v) is 3.79. The molecule has 0 bridgehead atoms. The van der Waals surface area contributed by atoms with Gasteiger partial charge < -0.3 is 5.32 Å². The van der Waals surface area contributed by atoms with E-state index >= 15 is 0 Å². The van der Waals surface area contributed by atoms with E-state index in [-0.39, 0.29) is 23.6 Å². The minimum atomic E-state index is -0.328. The second-order valence-corrected chi connectivity index (χ2v) is 9.02. The molecule has 0 aliphatic carbocycles. The van der Waals surface area contributed by atoms with E-state index in [1.54, 1.807) is 29.2 Å². The third-order valence-corrected chi connectivity index (χ3v) is 5.56. The van der Waals surface area contributed by atoms with Gasteiger partial charge in [-0.05, 0) is 36.4 Å². The molecule has 8 heteroatoms. The second-order valence-electron chi connectivity index (χ2n) is 8.16. The molecule has 0 saturated heterocycles. The number of halogens is 1. The first-order valence-corrected chi connectivity index (χ1v) is 10.7. The molecule has 1 N–H and O–H groups in total. The van der Waals surface area contributed by atoms with Crippen LogP contribution < -0.4 is 5.32 Å². The lowest BCUT2D eigenvalue weighted by molar-refractivity contribution is -0.115. The standard InChI is InChI=1S/C23H22FN5OS/c1-23(2,3)19-12-20(29(28-19)18-8-6-16(24)7-9-18)27-21(30)11-17-14-31-22(26-17)15-5-4-10-25-13-15/h4-10,12-14H,11H2,1-3H3,(H,27,30). The van der Waals surface area contributed by atoms with Crippen molar-refractivity contribution in [2.24, 2.45) is 0 Å². The van der Waals surface area contributed by atoms with Crippen molar-refractivity contribution in [3.63, 3.8) is 0 Å². The van der Waals surface area contributed by atoms with Crippen molar-refractivity contribution in [1.29, 1.82) is 0 Å². The number of thiazole rings is 1. The summed E-state index contributed by atoms with van der Waals surface area (Å²) in [6.45, 7) is 6.14. The molecule has 0 aliphatic heterocycles. The van der Waals surface area contributed by atoms with Crippen LogP contribution in [0.3, 0.4) is 0 Å². The average Bonchev–Trinajstić information content (AvgIpc) is 3.36. The van der Waals surface area contributed by atoms with Crippen LogP contribution in [0.25, 0.3) is 16.3 Å². The van der Waals surface area contributed by atoms with Crippen LogP contribution in [0.2, 0.25) is 0 Å². The van der Waals surface area contributed by atoms with Crippen molar-refractivity contribution >= 4 is 23.1 Å². The van der Waals surface area contributed by atoms with E-state index in [0.717, 1.165) is 16.3 Å². The molecule has 3 aromatic heterocycles. The smallest absolute Gasteiger partial charge is 0.231 e. The Morgan fingerprint density at radius 2 is 1.97 bits per heavy atom. The van der Waals surface area contributed by atoms with Gasteiger partial charge in [-0.1, -0.05) is 20.8 Å². The highest BCUT2D eigenvalue weighted by Gasteiger charge is 2.22. The zero-order valence-corrected chi connectivity index (χ0v) is 18.3. The van der Waals surface area contributed by atoms with Gasteiger partial charge in [0.25, 0.3) is 0 Å². The van der Waals surface area contributed by atoms with Crippen molar-refractivity contribution in [3.05, 3.63) is 77.4 Å². The summed E-state index contributed by atoms with van der Waals surface area (Å²) in [5, 5.41) is 10.3. The van der Waals surface area contributed by atoms with E-state index in [9.17, 15) is 9.18 Å². The van der Waals surface area contributed by atoms with Gasteiger partial charge in [-0.25, -0.2) is 14.1 Å². The Labute approximate surface area is 183 Å². The van der Waals surface area contributed by atoms with Crippen LogP contribution in [0.5, 0.6) is 0 Å². The molecule has 0 radical (unpaired) electrons. The van der Waals surface area contributed by atoms with Crippen molar-refractivity contribution in [1.82, 2.24) is 19.7 Å². The Hall–Kier alpha value is -3.39. The van der Waals surface area contributed by atoms with Gasteiger partial charge in [-0.3, -0.25) is 9.78 Å². The molecule has 0 saturated carbocycles. The summed E-state index contributed by atoms with van der Waals surface area (Å²) in [6.07, 6.45) is 3.59. The number of nitrogens with zero attached hydrogens (tertiary/aromatic N) is 4. The van der Waals surface area contributed by atoms with Crippen molar-refractivity contribution in [3.8, 4) is 16.3 Å². The summed E-state index contributed by atoms with van der Waals surface area (Å²) < 4.78 is 15.0. The molecule has 158 valence electrons. The minimum absolute atomic E-state index is 0.135. The molecular weight excluding hydrogens is 413 g/mol. The molecule has 0 aliphatic rings. The van der Waals surface area contributed by atoms with Crippen molar-refractivity contribution in [2.45, 2.75) is 32.6 Å². The lowest BCUT2D eigenvalue weighted by Gasteiger charge is -2.14. The van der Waals surface area contributed by atoms with Gasteiger partial charge in [-0.15, -0.1) is 11.3 Å². The maximum absolute atomic E-state index is 13.4. The van der Waals surface area contributed by atoms with E-state index in [1.807, 2.05) is 44.4 Å². The predicted molar refractivity (Wildman–Crippen MR) is 120 cm³/mol. The van der Waals surface area contributed by atoms with E-state index in [4.69, 9.17) is 0 Å². The SMILES string of the molecule is CC(C)(C)c1cc(NC(=O)Cc2csc(-c3cccnc3)n2)n(-c2ccc(F)cc2)n1. The number of pyridine rings is 1. The first kappa shape index (κ1) is 20.9. The number of carbonyl (C=O) groups excluding carboxylic acids is 1. The number of hydrogen-bond acceptors (Lipinski definition) is 5. The largest absolute Gasteiger partial charge is 0.310 e. The van der Waals surface area contributed by atoms with Gasteiger partial charge in [0.2, 0.25) is 5.91 Å². The van der Waals surface area contributed by atoms with E-state index < -0.39 is 0 Å². The van der Waals surface area contributed by atoms with Gasteiger partial charge in [0.15, 0.2) is 0 Å². The number of aromatic nitrogens is 4. The third-order valence-electron chi connectivity index (χ3n) is 4.62. The molecular formula is C23H22FN5OS. The zero-order chi connectivity index (χ0) is 22.0. The quantitative estimate of drug-likeness (QED) is 0.478. The molecule has 1 aromatic carbocycles. The number of rotatable bonds is 5. The monoisotopic (exact) mass is 435 g/mol. The number of nitrogens with one attached hydrogen (secondary N) is 1. The number of carbonyl (C=O) groups is 1. The van der Waals surface area contributed by atoms with Gasteiger partial charge in [-0.2, -0.15) is 5.10 Å². The normalized spacial score (nSPS) is 11.5. The summed E-state index contributed by atoms with van der Waals surface area (Å²) >= 11 is 1.48. The van der Waals surface area contributed by atoms with Crippen LogP contribution in [-0.4, -0.2) is 25.7 Å². The Morgan fingerprint density at radius 1 is 1.19 bits per heavy atom. The summed E-state index contributed by atoms with van der Waals surface area (Å²) in [4.78, 5) is 21.4. The maximum Gasteiger partial charge on any atom is 0.231 e. The summed E-state index contributed by atoms with van der Waals surface area (Å²) in [7, 11) is 0. The average molecular weight is 436 g/mol. The van der Waals surface area contributed by atoms with E-state index in [0.29, 0.717) is 17.2 Å². The Balaban J connectivity index is 1.55. The molecule has 3 heterocycles.